The molecule has 44 valence electrons. The predicted octanol–water partition coefficient (Wildman–Crippen LogP) is -0.361. The van der Waals surface area contributed by atoms with E-state index in [9.17, 15) is 0 Å². The smallest absolute Gasteiger partial charge is 2.00 e. The molecule has 0 aromatic rings. The summed E-state index contributed by atoms with van der Waals surface area (Å²) in [5, 5.41) is 0. The summed E-state index contributed by atoms with van der Waals surface area (Å²) in [6.07, 6.45) is 0. The molecule has 0 spiro atoms. The van der Waals surface area contributed by atoms with Gasteiger partial charge >= 0.3 is 76.3 Å². The standard InChI is InChI=1S/2Dy.3O.2Sc/q2*+3;3*-2;;. The van der Waals surface area contributed by atoms with Gasteiger partial charge in [-0.05, 0) is 0 Å². The van der Waals surface area contributed by atoms with Crippen LogP contribution >= 0.6 is 0 Å². The third kappa shape index (κ3) is 39.1. The molecule has 0 rings (SSSR count). The molecule has 0 aromatic carbocycles. The van der Waals surface area contributed by atoms with Crippen LogP contribution in [-0.4, -0.2) is 0 Å². The molecule has 0 heterocycles. The fourth-order valence-corrected chi connectivity index (χ4v) is 0. The first-order chi connectivity index (χ1) is 0. The molecule has 0 fully saturated rings. The summed E-state index contributed by atoms with van der Waals surface area (Å²) in [6.45, 7) is 0. The van der Waals surface area contributed by atoms with E-state index in [1.807, 2.05) is 0 Å². The number of hydrogen-bond donors (Lipinski definition) is 0. The van der Waals surface area contributed by atoms with Gasteiger partial charge in [0.1, 0.15) is 0 Å². The largest absolute Gasteiger partial charge is 3.00 e. The van der Waals surface area contributed by atoms with Gasteiger partial charge in [0.2, 0.25) is 0 Å². The van der Waals surface area contributed by atoms with Crippen molar-refractivity contribution in [2.75, 3.05) is 0 Å². The van der Waals surface area contributed by atoms with Crippen LogP contribution in [0.2, 0.25) is 0 Å². The Balaban J connectivity index is 0. The minimum atomic E-state index is 0. The second-order valence-electron chi connectivity index (χ2n) is 0. The summed E-state index contributed by atoms with van der Waals surface area (Å²) in [5.74, 6) is 0. The molecular weight excluding hydrogens is 463 g/mol. The Morgan fingerprint density at radius 2 is 0.429 bits per heavy atom. The summed E-state index contributed by atoms with van der Waals surface area (Å²) < 4.78 is 0. The Bertz CT molecular complexity index is 10.9. The van der Waals surface area contributed by atoms with Crippen molar-refractivity contribution in [3.8, 4) is 0 Å². The van der Waals surface area contributed by atoms with Gasteiger partial charge in [-0.2, -0.15) is 0 Å². The first-order valence-corrected chi connectivity index (χ1v) is 0. The van der Waals surface area contributed by atoms with Crippen LogP contribution in [0.1, 0.15) is 0 Å². The molecule has 0 saturated heterocycles. The Morgan fingerprint density at radius 3 is 0.429 bits per heavy atom. The third-order valence-corrected chi connectivity index (χ3v) is 0. The Labute approximate surface area is 141 Å². The normalized spacial score (nSPS) is 0. The van der Waals surface area contributed by atoms with Crippen molar-refractivity contribution >= 4 is 0 Å². The third-order valence-electron chi connectivity index (χ3n) is 0. The Morgan fingerprint density at radius 1 is 0.429 bits per heavy atom. The monoisotopic (exact) mass is 466 g/mol. The molecule has 3 nitrogen and oxygen atoms in total. The maximum Gasteiger partial charge on any atom is 3.00 e. The van der Waals surface area contributed by atoms with Crippen molar-refractivity contribution in [1.29, 1.82) is 0 Å². The van der Waals surface area contributed by atoms with E-state index in [0.717, 1.165) is 0 Å². The zero-order valence-electron chi connectivity index (χ0n) is 3.01. The van der Waals surface area contributed by atoms with Crippen molar-refractivity contribution < 1.29 is 144 Å². The maximum atomic E-state index is 0. The quantitative estimate of drug-likeness (QED) is 0.471. The molecule has 0 aromatic heterocycles. The van der Waals surface area contributed by atoms with Crippen LogP contribution in [-0.2, 0) is 68.1 Å². The molecule has 0 bridgehead atoms. The SMILES string of the molecule is [Dy+3].[Dy+3].[O-2].[O-2].[O-2].[Sc].[Sc]. The van der Waals surface area contributed by atoms with Gasteiger partial charge < -0.3 is 16.4 Å². The second-order valence-corrected chi connectivity index (χ2v) is 0. The van der Waals surface area contributed by atoms with E-state index in [-0.39, 0.29) is 144 Å². The van der Waals surface area contributed by atoms with Gasteiger partial charge in [-0.15, -0.1) is 0 Å². The van der Waals surface area contributed by atoms with Crippen LogP contribution in [0.3, 0.4) is 0 Å². The van der Waals surface area contributed by atoms with Gasteiger partial charge in [0, 0.05) is 51.7 Å². The molecule has 0 aliphatic rings. The first kappa shape index (κ1) is 66.5. The van der Waals surface area contributed by atoms with E-state index in [1.165, 1.54) is 0 Å². The zero-order valence-corrected chi connectivity index (χ0v) is 10.7. The molecule has 4 radical (unpaired) electrons. The molecule has 0 atom stereocenters. The summed E-state index contributed by atoms with van der Waals surface area (Å²) in [4.78, 5) is 0. The van der Waals surface area contributed by atoms with Gasteiger partial charge in [-0.25, -0.2) is 0 Å². The fourth-order valence-electron chi connectivity index (χ4n) is 0. The zero-order chi connectivity index (χ0) is 0. The van der Waals surface area contributed by atoms with Crippen LogP contribution in [0.25, 0.3) is 0 Å². The molecule has 7 heteroatoms. The number of hydrogen-bond acceptors (Lipinski definition) is 0. The van der Waals surface area contributed by atoms with Gasteiger partial charge in [-0.1, -0.05) is 0 Å². The van der Waals surface area contributed by atoms with Crippen molar-refractivity contribution in [3.63, 3.8) is 0 Å². The van der Waals surface area contributed by atoms with E-state index in [2.05, 4.69) is 0 Å². The minimum absolute atomic E-state index is 0. The molecular formula is Dy2O3Sc2. The van der Waals surface area contributed by atoms with Gasteiger partial charge in [-0.3, -0.25) is 0 Å². The molecule has 0 aliphatic carbocycles. The van der Waals surface area contributed by atoms with E-state index < -0.39 is 0 Å². The molecule has 0 aliphatic heterocycles. The summed E-state index contributed by atoms with van der Waals surface area (Å²) in [6, 6.07) is 0. The summed E-state index contributed by atoms with van der Waals surface area (Å²) in [7, 11) is 0. The average Bonchev–Trinajstić information content (AvgIpc) is 0. The Kier molecular flexibility index (Phi) is 467. The minimum Gasteiger partial charge on any atom is -2.00 e. The van der Waals surface area contributed by atoms with E-state index in [0.29, 0.717) is 0 Å². The molecule has 0 saturated carbocycles. The first-order valence-electron chi connectivity index (χ1n) is 0. The maximum absolute atomic E-state index is 0. The Hall–Kier alpha value is 4.17. The van der Waals surface area contributed by atoms with Crippen LogP contribution in [0.15, 0.2) is 0 Å². The molecule has 7 heavy (non-hydrogen) atoms. The summed E-state index contributed by atoms with van der Waals surface area (Å²) in [5.41, 5.74) is 0. The predicted molar refractivity (Wildman–Crippen MR) is 2.06 cm³/mol. The van der Waals surface area contributed by atoms with Gasteiger partial charge in [0.15, 0.2) is 0 Å². The molecule has 0 unspecified atom stereocenters. The number of rotatable bonds is 0. The molecule has 0 N–H and O–H groups in total. The van der Waals surface area contributed by atoms with Gasteiger partial charge in [0.25, 0.3) is 0 Å². The summed E-state index contributed by atoms with van der Waals surface area (Å²) >= 11 is 0. The average molecular weight is 463 g/mol. The van der Waals surface area contributed by atoms with Crippen molar-refractivity contribution in [2.45, 2.75) is 0 Å². The van der Waals surface area contributed by atoms with Crippen molar-refractivity contribution in [1.82, 2.24) is 0 Å². The van der Waals surface area contributed by atoms with E-state index in [1.54, 1.807) is 0 Å². The van der Waals surface area contributed by atoms with Crippen molar-refractivity contribution in [2.24, 2.45) is 0 Å². The van der Waals surface area contributed by atoms with Crippen LogP contribution in [0.5, 0.6) is 0 Å². The fraction of sp³-hybridized carbons (Fsp3) is 0. The van der Waals surface area contributed by atoms with Crippen LogP contribution < -0.4 is 0 Å². The van der Waals surface area contributed by atoms with Crippen LogP contribution in [0, 0.1) is 76.3 Å². The second kappa shape index (κ2) is 49.2. The van der Waals surface area contributed by atoms with E-state index in [4.69, 9.17) is 0 Å². The topological polar surface area (TPSA) is 85.5 Å². The molecule has 0 amide bonds. The van der Waals surface area contributed by atoms with Crippen LogP contribution in [0.4, 0.5) is 0 Å². The van der Waals surface area contributed by atoms with Gasteiger partial charge in [0.05, 0.1) is 0 Å². The van der Waals surface area contributed by atoms with E-state index >= 15 is 0 Å². The van der Waals surface area contributed by atoms with Crippen molar-refractivity contribution in [3.05, 3.63) is 0 Å².